The fraction of sp³-hybridized carbons (Fsp3) is 0.0500. The molecular weight excluding hydrogens is 350 g/mol. The van der Waals surface area contributed by atoms with E-state index in [9.17, 15) is 5.11 Å². The lowest BCUT2D eigenvalue weighted by atomic mass is 10.1. The lowest BCUT2D eigenvalue weighted by Crippen LogP contribution is -3.00. The second kappa shape index (κ2) is 7.75. The first-order chi connectivity index (χ1) is 10.8. The van der Waals surface area contributed by atoms with Crippen LogP contribution >= 0.6 is 0 Å². The van der Waals surface area contributed by atoms with E-state index in [4.69, 9.17) is 0 Å². The Morgan fingerprint density at radius 2 is 1.70 bits per heavy atom. The van der Waals surface area contributed by atoms with Gasteiger partial charge in [-0.1, -0.05) is 43.0 Å². The number of phenolic OH excluding ortho intramolecular Hbond substituents is 1. The van der Waals surface area contributed by atoms with Crippen LogP contribution in [0.4, 0.5) is 0 Å². The molecule has 0 aliphatic carbocycles. The van der Waals surface area contributed by atoms with E-state index in [1.165, 1.54) is 16.5 Å². The summed E-state index contributed by atoms with van der Waals surface area (Å²) in [7, 11) is 0. The molecule has 0 bridgehead atoms. The van der Waals surface area contributed by atoms with Crippen molar-refractivity contribution < 1.29 is 26.7 Å². The largest absolute Gasteiger partial charge is 1.00 e. The summed E-state index contributed by atoms with van der Waals surface area (Å²) in [5.74, 6) is 0.285. The summed E-state index contributed by atoms with van der Waals surface area (Å²) in [6.45, 7) is 4.61. The fourth-order valence-corrected chi connectivity index (χ4v) is 2.52. The average Bonchev–Trinajstić information content (AvgIpc) is 2.56. The highest BCUT2D eigenvalue weighted by Crippen LogP contribution is 2.19. The van der Waals surface area contributed by atoms with E-state index in [1.54, 1.807) is 12.1 Å². The summed E-state index contributed by atoms with van der Waals surface area (Å²) in [4.78, 5) is 0. The van der Waals surface area contributed by atoms with Crippen molar-refractivity contribution in [3.8, 4) is 5.75 Å². The van der Waals surface area contributed by atoms with Crippen molar-refractivity contribution in [1.82, 2.24) is 0 Å². The molecule has 0 saturated carbocycles. The highest BCUT2D eigenvalue weighted by molar-refractivity contribution is 5.88. The molecule has 3 aromatic rings. The minimum atomic E-state index is 0. The van der Waals surface area contributed by atoms with Crippen LogP contribution in [0.25, 0.3) is 23.1 Å². The van der Waals surface area contributed by atoms with Gasteiger partial charge in [-0.15, -0.1) is 0 Å². The number of phenols is 1. The molecule has 0 fully saturated rings. The van der Waals surface area contributed by atoms with E-state index in [0.717, 1.165) is 12.1 Å². The van der Waals surface area contributed by atoms with Crippen molar-refractivity contribution in [3.05, 3.63) is 84.6 Å². The summed E-state index contributed by atoms with van der Waals surface area (Å²) < 4.78 is 2.18. The third kappa shape index (κ3) is 3.88. The first-order valence-electron chi connectivity index (χ1n) is 7.27. The molecule has 2 nitrogen and oxygen atoms in total. The molecule has 0 aliphatic rings. The van der Waals surface area contributed by atoms with Gasteiger partial charge in [0.1, 0.15) is 5.75 Å². The predicted molar refractivity (Wildman–Crippen MR) is 91.4 cm³/mol. The van der Waals surface area contributed by atoms with E-state index in [-0.39, 0.29) is 22.7 Å². The Kier molecular flexibility index (Phi) is 5.72. The second-order valence-electron chi connectivity index (χ2n) is 5.15. The van der Waals surface area contributed by atoms with Crippen LogP contribution in [-0.2, 0) is 6.54 Å². The van der Waals surface area contributed by atoms with Crippen LogP contribution in [0, 0.1) is 0 Å². The highest BCUT2D eigenvalue weighted by Gasteiger charge is 2.08. The Balaban J connectivity index is 0.00000192. The Bertz CT molecular complexity index is 838. The van der Waals surface area contributed by atoms with Crippen LogP contribution in [0.5, 0.6) is 5.75 Å². The van der Waals surface area contributed by atoms with Crippen LogP contribution in [0.3, 0.4) is 0 Å². The van der Waals surface area contributed by atoms with Crippen LogP contribution in [0.2, 0.25) is 0 Å². The number of hydrogen-bond acceptors (Lipinski definition) is 1. The molecule has 116 valence electrons. The van der Waals surface area contributed by atoms with Gasteiger partial charge in [-0.2, -0.15) is 4.57 Å². The van der Waals surface area contributed by atoms with Crippen LogP contribution in [-0.4, -0.2) is 5.11 Å². The van der Waals surface area contributed by atoms with Crippen LogP contribution in [0.15, 0.2) is 73.4 Å². The van der Waals surface area contributed by atoms with Crippen molar-refractivity contribution in [2.45, 2.75) is 6.54 Å². The first-order valence-corrected chi connectivity index (χ1v) is 7.27. The Morgan fingerprint density at radius 3 is 2.43 bits per heavy atom. The van der Waals surface area contributed by atoms with Gasteiger partial charge in [0, 0.05) is 12.1 Å². The molecule has 3 heteroatoms. The Morgan fingerprint density at radius 1 is 0.957 bits per heavy atom. The molecule has 0 saturated heterocycles. The Hall–Kier alpha value is -2.39. The van der Waals surface area contributed by atoms with Gasteiger partial charge < -0.3 is 22.1 Å². The maximum absolute atomic E-state index is 9.33. The molecule has 23 heavy (non-hydrogen) atoms. The zero-order valence-electron chi connectivity index (χ0n) is 12.7. The monoisotopic (exact) mass is 367 g/mol. The number of allylic oxidation sites excluding steroid dienone is 1. The highest BCUT2D eigenvalue weighted by atomic mass is 79.9. The summed E-state index contributed by atoms with van der Waals surface area (Å²) in [5, 5.41) is 10.5. The van der Waals surface area contributed by atoms with Gasteiger partial charge in [-0.05, 0) is 35.4 Å². The van der Waals surface area contributed by atoms with E-state index in [0.29, 0.717) is 0 Å². The average molecular weight is 368 g/mol. The Labute approximate surface area is 146 Å². The number of aromatic hydroxyl groups is 1. The van der Waals surface area contributed by atoms with Gasteiger partial charge in [0.2, 0.25) is 5.52 Å². The quantitative estimate of drug-likeness (QED) is 0.543. The number of aromatic nitrogens is 1. The van der Waals surface area contributed by atoms with E-state index < -0.39 is 0 Å². The minimum absolute atomic E-state index is 0. The molecule has 0 unspecified atom stereocenters. The zero-order chi connectivity index (χ0) is 15.4. The fourth-order valence-electron chi connectivity index (χ4n) is 2.52. The number of halogens is 1. The SMILES string of the molecule is C=CC[n+]1ccc(/C=C/c2ccc(O)cc2)c2ccccc21.[Br-]. The first kappa shape index (κ1) is 17.0. The molecule has 0 spiro atoms. The summed E-state index contributed by atoms with van der Waals surface area (Å²) in [6, 6.07) is 17.7. The number of benzene rings is 2. The lowest BCUT2D eigenvalue weighted by Gasteiger charge is -2.02. The van der Waals surface area contributed by atoms with Crippen molar-refractivity contribution >= 4 is 23.1 Å². The van der Waals surface area contributed by atoms with E-state index in [2.05, 4.69) is 59.8 Å². The zero-order valence-corrected chi connectivity index (χ0v) is 14.3. The number of nitrogens with zero attached hydrogens (tertiary/aromatic N) is 1. The second-order valence-corrected chi connectivity index (χ2v) is 5.15. The van der Waals surface area contributed by atoms with Crippen molar-refractivity contribution in [2.75, 3.05) is 0 Å². The number of pyridine rings is 1. The molecule has 1 N–H and O–H groups in total. The van der Waals surface area contributed by atoms with E-state index in [1.807, 2.05) is 18.2 Å². The van der Waals surface area contributed by atoms with Crippen molar-refractivity contribution in [2.24, 2.45) is 0 Å². The van der Waals surface area contributed by atoms with Gasteiger partial charge in [-0.25, -0.2) is 0 Å². The normalized spacial score (nSPS) is 10.6. The van der Waals surface area contributed by atoms with Crippen molar-refractivity contribution in [3.63, 3.8) is 0 Å². The van der Waals surface area contributed by atoms with Gasteiger partial charge in [0.05, 0.1) is 5.39 Å². The summed E-state index contributed by atoms with van der Waals surface area (Å²) in [6.07, 6.45) is 8.14. The maximum atomic E-state index is 9.33. The van der Waals surface area contributed by atoms with Crippen LogP contribution in [0.1, 0.15) is 11.1 Å². The van der Waals surface area contributed by atoms with Crippen molar-refractivity contribution in [1.29, 1.82) is 0 Å². The molecule has 1 heterocycles. The van der Waals surface area contributed by atoms with Gasteiger partial charge in [0.25, 0.3) is 0 Å². The minimum Gasteiger partial charge on any atom is -1.00 e. The van der Waals surface area contributed by atoms with Gasteiger partial charge in [0.15, 0.2) is 12.7 Å². The summed E-state index contributed by atoms with van der Waals surface area (Å²) in [5.41, 5.74) is 3.42. The van der Waals surface area contributed by atoms with E-state index >= 15 is 0 Å². The molecule has 1 aromatic heterocycles. The predicted octanol–water partition coefficient (Wildman–Crippen LogP) is 1.19. The molecule has 3 rings (SSSR count). The number of rotatable bonds is 4. The number of para-hydroxylation sites is 1. The smallest absolute Gasteiger partial charge is 0.213 e. The molecule has 0 aliphatic heterocycles. The van der Waals surface area contributed by atoms with Gasteiger partial charge in [-0.3, -0.25) is 0 Å². The molecule has 2 aromatic carbocycles. The lowest BCUT2D eigenvalue weighted by molar-refractivity contribution is -0.660. The molecular formula is C20H18BrNO. The van der Waals surface area contributed by atoms with Gasteiger partial charge >= 0.3 is 0 Å². The topological polar surface area (TPSA) is 24.1 Å². The molecule has 0 amide bonds. The number of fused-ring (bicyclic) bond motifs is 1. The molecule has 0 radical (unpaired) electrons. The number of hydrogen-bond donors (Lipinski definition) is 1. The maximum Gasteiger partial charge on any atom is 0.213 e. The van der Waals surface area contributed by atoms with Crippen LogP contribution < -0.4 is 21.5 Å². The summed E-state index contributed by atoms with van der Waals surface area (Å²) >= 11 is 0. The standard InChI is InChI=1S/C20H17NO.BrH/c1-2-14-21-15-13-17(19-5-3-4-6-20(19)21)10-7-16-8-11-18(22)12-9-16;/h2-13,15H,1,14H2;1H. The molecule has 0 atom stereocenters. The third-order valence-corrected chi connectivity index (χ3v) is 3.63. The third-order valence-electron chi connectivity index (χ3n) is 3.63.